The number of aromatic nitrogens is 1. The molecule has 0 unspecified atom stereocenters. The van der Waals surface area contributed by atoms with Gasteiger partial charge in [-0.25, -0.2) is 9.59 Å². The maximum absolute atomic E-state index is 13.1. The monoisotopic (exact) mass is 499 g/mol. The molecule has 8 heteroatoms. The Hall–Kier alpha value is -4.36. The van der Waals surface area contributed by atoms with Gasteiger partial charge in [0.05, 0.1) is 19.2 Å². The lowest BCUT2D eigenvalue weighted by Gasteiger charge is -2.12. The summed E-state index contributed by atoms with van der Waals surface area (Å²) in [4.78, 5) is 38.7. The normalized spacial score (nSPS) is 14.5. The first-order chi connectivity index (χ1) is 17.4. The first-order valence-electron chi connectivity index (χ1n) is 11.3. The lowest BCUT2D eigenvalue weighted by Crippen LogP contribution is -2.30. The molecule has 0 saturated carbocycles. The second kappa shape index (κ2) is 9.71. The Bertz CT molecular complexity index is 1540. The highest BCUT2D eigenvalue weighted by atomic mass is 35.5. The zero-order chi connectivity index (χ0) is 25.2. The molecule has 4 aromatic rings. The van der Waals surface area contributed by atoms with E-state index in [1.165, 1.54) is 7.11 Å². The van der Waals surface area contributed by atoms with Crippen molar-refractivity contribution in [3.63, 3.8) is 0 Å². The van der Waals surface area contributed by atoms with Gasteiger partial charge in [0.15, 0.2) is 0 Å². The van der Waals surface area contributed by atoms with Gasteiger partial charge < -0.3 is 14.6 Å². The Kier molecular flexibility index (Phi) is 6.31. The first kappa shape index (κ1) is 23.4. The number of hydrogen-bond acceptors (Lipinski definition) is 4. The summed E-state index contributed by atoms with van der Waals surface area (Å²) in [7, 11) is 1.35. The number of imide groups is 1. The van der Waals surface area contributed by atoms with Crippen LogP contribution in [-0.4, -0.2) is 34.5 Å². The number of esters is 1. The van der Waals surface area contributed by atoms with E-state index in [9.17, 15) is 14.4 Å². The van der Waals surface area contributed by atoms with Crippen LogP contribution in [-0.2, 0) is 22.6 Å². The van der Waals surface area contributed by atoms with Crippen molar-refractivity contribution in [3.05, 3.63) is 112 Å². The van der Waals surface area contributed by atoms with Crippen molar-refractivity contribution in [2.24, 2.45) is 0 Å². The molecule has 7 nitrogen and oxygen atoms in total. The molecule has 0 atom stereocenters. The molecule has 36 heavy (non-hydrogen) atoms. The summed E-state index contributed by atoms with van der Waals surface area (Å²) in [5.41, 5.74) is 4.04. The molecule has 5 rings (SSSR count). The standard InChI is InChI=1S/C28H22ClN3O4/c1-36-27(34)19-9-6-7-18(13-19)15-31-16-21(22-10-3-5-12-25(22)31)14-24-26(33)32(28(35)30-24)17-20-8-2-4-11-23(20)29/h2-14,16H,15,17H2,1H3,(H,30,35)/b24-14-. The molecule has 0 radical (unpaired) electrons. The minimum absolute atomic E-state index is 0.0833. The number of amides is 3. The Labute approximate surface area is 212 Å². The van der Waals surface area contributed by atoms with Crippen LogP contribution in [0.2, 0.25) is 5.02 Å². The Morgan fingerprint density at radius 2 is 1.78 bits per heavy atom. The van der Waals surface area contributed by atoms with E-state index in [0.717, 1.165) is 26.9 Å². The summed E-state index contributed by atoms with van der Waals surface area (Å²) < 4.78 is 6.87. The highest BCUT2D eigenvalue weighted by molar-refractivity contribution is 6.31. The van der Waals surface area contributed by atoms with Gasteiger partial charge in [-0.05, 0) is 41.5 Å². The maximum atomic E-state index is 13.1. The number of hydrogen-bond donors (Lipinski definition) is 1. The number of carbonyl (C=O) groups excluding carboxylic acids is 3. The highest BCUT2D eigenvalue weighted by Gasteiger charge is 2.34. The molecule has 1 aliphatic heterocycles. The Morgan fingerprint density at radius 1 is 1.00 bits per heavy atom. The van der Waals surface area contributed by atoms with Crippen LogP contribution in [0.25, 0.3) is 17.0 Å². The number of para-hydroxylation sites is 1. The zero-order valence-corrected chi connectivity index (χ0v) is 20.2. The van der Waals surface area contributed by atoms with E-state index in [0.29, 0.717) is 22.7 Å². The fourth-order valence-corrected chi connectivity index (χ4v) is 4.50. The van der Waals surface area contributed by atoms with Crippen molar-refractivity contribution in [2.45, 2.75) is 13.1 Å². The number of halogens is 1. The average Bonchev–Trinajstić information content (AvgIpc) is 3.36. The van der Waals surface area contributed by atoms with Gasteiger partial charge in [0, 0.05) is 34.2 Å². The van der Waals surface area contributed by atoms with Crippen molar-refractivity contribution >= 4 is 46.5 Å². The summed E-state index contributed by atoms with van der Waals surface area (Å²) in [6.45, 7) is 0.591. The van der Waals surface area contributed by atoms with Gasteiger partial charge in [0.1, 0.15) is 5.70 Å². The van der Waals surface area contributed by atoms with Crippen LogP contribution in [0.1, 0.15) is 27.0 Å². The average molecular weight is 500 g/mol. The Morgan fingerprint density at radius 3 is 2.58 bits per heavy atom. The number of benzene rings is 3. The quantitative estimate of drug-likeness (QED) is 0.224. The minimum Gasteiger partial charge on any atom is -0.465 e. The number of nitrogens with one attached hydrogen (secondary N) is 1. The smallest absolute Gasteiger partial charge is 0.337 e. The summed E-state index contributed by atoms with van der Waals surface area (Å²) in [6.07, 6.45) is 3.62. The van der Waals surface area contributed by atoms with E-state index in [-0.39, 0.29) is 12.2 Å². The predicted octanol–water partition coefficient (Wildman–Crippen LogP) is 5.22. The predicted molar refractivity (Wildman–Crippen MR) is 137 cm³/mol. The highest BCUT2D eigenvalue weighted by Crippen LogP contribution is 2.27. The molecule has 0 aliphatic carbocycles. The van der Waals surface area contributed by atoms with Crippen LogP contribution in [0.4, 0.5) is 4.79 Å². The van der Waals surface area contributed by atoms with Gasteiger partial charge in [-0.1, -0.05) is 60.1 Å². The van der Waals surface area contributed by atoms with Crippen LogP contribution < -0.4 is 5.32 Å². The van der Waals surface area contributed by atoms with Crippen LogP contribution in [0.5, 0.6) is 0 Å². The molecular formula is C28H22ClN3O4. The number of nitrogens with zero attached hydrogens (tertiary/aromatic N) is 2. The molecule has 2 heterocycles. The summed E-state index contributed by atoms with van der Waals surface area (Å²) in [5.74, 6) is -0.806. The topological polar surface area (TPSA) is 80.6 Å². The third-order valence-corrected chi connectivity index (χ3v) is 6.44. The fraction of sp³-hybridized carbons (Fsp3) is 0.107. The van der Waals surface area contributed by atoms with Gasteiger partial charge in [-0.15, -0.1) is 0 Å². The molecule has 0 bridgehead atoms. The number of ether oxygens (including phenoxy) is 1. The SMILES string of the molecule is COC(=O)c1cccc(Cn2cc(/C=C3\NC(=O)N(Cc4ccccc4Cl)C3=O)c3ccccc32)c1. The maximum Gasteiger partial charge on any atom is 0.337 e. The van der Waals surface area contributed by atoms with Crippen molar-refractivity contribution in [1.82, 2.24) is 14.8 Å². The fourth-order valence-electron chi connectivity index (χ4n) is 4.30. The molecule has 1 N–H and O–H groups in total. The number of carbonyl (C=O) groups is 3. The van der Waals surface area contributed by atoms with Crippen molar-refractivity contribution in [2.75, 3.05) is 7.11 Å². The molecule has 3 amide bonds. The molecule has 1 fully saturated rings. The zero-order valence-electron chi connectivity index (χ0n) is 19.4. The molecule has 0 spiro atoms. The second-order valence-corrected chi connectivity index (χ2v) is 8.80. The molecule has 180 valence electrons. The van der Waals surface area contributed by atoms with E-state index in [2.05, 4.69) is 5.32 Å². The summed E-state index contributed by atoms with van der Waals surface area (Å²) in [5, 5.41) is 4.11. The van der Waals surface area contributed by atoms with Crippen LogP contribution >= 0.6 is 11.6 Å². The van der Waals surface area contributed by atoms with E-state index >= 15 is 0 Å². The number of urea groups is 1. The van der Waals surface area contributed by atoms with E-state index in [1.807, 2.05) is 53.2 Å². The Balaban J connectivity index is 1.46. The minimum atomic E-state index is -0.491. The van der Waals surface area contributed by atoms with Gasteiger partial charge >= 0.3 is 12.0 Å². The number of fused-ring (bicyclic) bond motifs is 1. The van der Waals surface area contributed by atoms with Crippen molar-refractivity contribution in [3.8, 4) is 0 Å². The van der Waals surface area contributed by atoms with Crippen molar-refractivity contribution < 1.29 is 19.1 Å². The largest absolute Gasteiger partial charge is 0.465 e. The third kappa shape index (κ3) is 4.48. The number of rotatable bonds is 6. The second-order valence-electron chi connectivity index (χ2n) is 8.39. The van der Waals surface area contributed by atoms with Gasteiger partial charge in [-0.3, -0.25) is 9.69 Å². The molecular weight excluding hydrogens is 478 g/mol. The molecule has 1 aliphatic rings. The van der Waals surface area contributed by atoms with Gasteiger partial charge in [0.2, 0.25) is 0 Å². The molecule has 1 aromatic heterocycles. The summed E-state index contributed by atoms with van der Waals surface area (Å²) in [6, 6.07) is 21.7. The van der Waals surface area contributed by atoms with Gasteiger partial charge in [0.25, 0.3) is 5.91 Å². The van der Waals surface area contributed by atoms with E-state index in [1.54, 1.807) is 36.4 Å². The first-order valence-corrected chi connectivity index (χ1v) is 11.7. The van der Waals surface area contributed by atoms with Crippen molar-refractivity contribution in [1.29, 1.82) is 0 Å². The molecule has 1 saturated heterocycles. The third-order valence-electron chi connectivity index (χ3n) is 6.07. The van der Waals surface area contributed by atoms with Gasteiger partial charge in [-0.2, -0.15) is 0 Å². The summed E-state index contributed by atoms with van der Waals surface area (Å²) >= 11 is 6.22. The lowest BCUT2D eigenvalue weighted by atomic mass is 10.1. The van der Waals surface area contributed by atoms with Crippen LogP contribution in [0.15, 0.2) is 84.7 Å². The number of methoxy groups -OCH3 is 1. The lowest BCUT2D eigenvalue weighted by molar-refractivity contribution is -0.123. The molecule has 3 aromatic carbocycles. The van der Waals surface area contributed by atoms with E-state index in [4.69, 9.17) is 16.3 Å². The van der Waals surface area contributed by atoms with E-state index < -0.39 is 17.9 Å². The van der Waals surface area contributed by atoms with Crippen LogP contribution in [0, 0.1) is 0 Å². The van der Waals surface area contributed by atoms with Crippen LogP contribution in [0.3, 0.4) is 0 Å².